The van der Waals surface area contributed by atoms with E-state index in [9.17, 15) is 0 Å². The molecule has 2 aromatic rings. The van der Waals surface area contributed by atoms with Crippen LogP contribution in [-0.4, -0.2) is 20.4 Å². The second-order valence-corrected chi connectivity index (χ2v) is 5.72. The molecule has 0 amide bonds. The molecule has 0 aliphatic carbocycles. The highest BCUT2D eigenvalue weighted by Gasteiger charge is 2.20. The van der Waals surface area contributed by atoms with Crippen molar-refractivity contribution in [1.29, 1.82) is 0 Å². The lowest BCUT2D eigenvalue weighted by atomic mass is 10.2. The van der Waals surface area contributed by atoms with Gasteiger partial charge in [-0.05, 0) is 30.7 Å². The van der Waals surface area contributed by atoms with Gasteiger partial charge in [0.05, 0.1) is 10.3 Å². The van der Waals surface area contributed by atoms with Crippen molar-refractivity contribution in [3.8, 4) is 0 Å². The van der Waals surface area contributed by atoms with Crippen molar-refractivity contribution >= 4 is 29.0 Å². The molecule has 3 nitrogen and oxygen atoms in total. The molecular weight excluding hydrogens is 242 g/mol. The van der Waals surface area contributed by atoms with Crippen molar-refractivity contribution in [3.63, 3.8) is 0 Å². The van der Waals surface area contributed by atoms with Gasteiger partial charge in [-0.3, -0.25) is 0 Å². The van der Waals surface area contributed by atoms with Crippen molar-refractivity contribution in [2.45, 2.75) is 24.5 Å². The maximum atomic E-state index is 5.92. The van der Waals surface area contributed by atoms with E-state index in [2.05, 4.69) is 10.1 Å². The van der Waals surface area contributed by atoms with Crippen LogP contribution >= 0.6 is 23.4 Å². The lowest BCUT2D eigenvalue weighted by molar-refractivity contribution is 0.661. The third kappa shape index (κ3) is 1.92. The van der Waals surface area contributed by atoms with E-state index in [1.807, 2.05) is 23.9 Å². The Kier molecular flexibility index (Phi) is 2.77. The van der Waals surface area contributed by atoms with Gasteiger partial charge in [-0.1, -0.05) is 18.0 Å². The SMILES string of the molecule is Clc1ccc2nc(C3CCCCS3)nn2c1. The zero-order valence-electron chi connectivity index (χ0n) is 8.77. The first kappa shape index (κ1) is 10.4. The summed E-state index contributed by atoms with van der Waals surface area (Å²) in [4.78, 5) is 4.55. The average Bonchev–Trinajstić information content (AvgIpc) is 2.73. The van der Waals surface area contributed by atoms with E-state index >= 15 is 0 Å². The Morgan fingerprint density at radius 1 is 1.38 bits per heavy atom. The van der Waals surface area contributed by atoms with E-state index < -0.39 is 0 Å². The molecule has 0 spiro atoms. The zero-order valence-corrected chi connectivity index (χ0v) is 10.3. The van der Waals surface area contributed by atoms with Gasteiger partial charge in [0.25, 0.3) is 0 Å². The fourth-order valence-electron chi connectivity index (χ4n) is 1.96. The fraction of sp³-hybridized carbons (Fsp3) is 0.455. The molecule has 2 aromatic heterocycles. The molecule has 3 heterocycles. The molecule has 1 atom stereocenters. The van der Waals surface area contributed by atoms with Gasteiger partial charge in [-0.15, -0.1) is 0 Å². The number of pyridine rings is 1. The lowest BCUT2D eigenvalue weighted by Gasteiger charge is -2.17. The number of halogens is 1. The molecule has 0 N–H and O–H groups in total. The molecule has 0 radical (unpaired) electrons. The molecule has 0 saturated carbocycles. The van der Waals surface area contributed by atoms with Gasteiger partial charge in [0.15, 0.2) is 11.5 Å². The van der Waals surface area contributed by atoms with Crippen LogP contribution in [0.1, 0.15) is 30.3 Å². The van der Waals surface area contributed by atoms with Gasteiger partial charge >= 0.3 is 0 Å². The van der Waals surface area contributed by atoms with Gasteiger partial charge in [-0.2, -0.15) is 16.9 Å². The van der Waals surface area contributed by atoms with Crippen LogP contribution in [0.15, 0.2) is 18.3 Å². The second-order valence-electron chi connectivity index (χ2n) is 3.98. The van der Waals surface area contributed by atoms with Crippen LogP contribution in [0.25, 0.3) is 5.65 Å². The van der Waals surface area contributed by atoms with Crippen LogP contribution in [0.3, 0.4) is 0 Å². The molecule has 0 aromatic carbocycles. The Morgan fingerprint density at radius 2 is 2.31 bits per heavy atom. The summed E-state index contributed by atoms with van der Waals surface area (Å²) in [6, 6.07) is 3.76. The van der Waals surface area contributed by atoms with E-state index in [4.69, 9.17) is 11.6 Å². The summed E-state index contributed by atoms with van der Waals surface area (Å²) in [5, 5.41) is 5.66. The highest BCUT2D eigenvalue weighted by atomic mass is 35.5. The van der Waals surface area contributed by atoms with E-state index in [1.54, 1.807) is 10.7 Å². The monoisotopic (exact) mass is 253 g/mol. The Labute approximate surface area is 103 Å². The topological polar surface area (TPSA) is 30.2 Å². The summed E-state index contributed by atoms with van der Waals surface area (Å²) in [5.74, 6) is 2.17. The molecule has 3 rings (SSSR count). The molecule has 1 fully saturated rings. The third-order valence-electron chi connectivity index (χ3n) is 2.78. The second kappa shape index (κ2) is 4.26. The van der Waals surface area contributed by atoms with Crippen LogP contribution in [0.4, 0.5) is 0 Å². The van der Waals surface area contributed by atoms with Crippen LogP contribution in [0.2, 0.25) is 5.02 Å². The standard InChI is InChI=1S/C11H12ClN3S/c12-8-4-5-10-13-11(14-15(10)7-8)9-3-1-2-6-16-9/h4-5,7,9H,1-3,6H2. The summed E-state index contributed by atoms with van der Waals surface area (Å²) < 4.78 is 1.77. The Balaban J connectivity index is 1.97. The highest BCUT2D eigenvalue weighted by Crippen LogP contribution is 2.36. The summed E-state index contributed by atoms with van der Waals surface area (Å²) in [6.07, 6.45) is 5.60. The normalized spacial score (nSPS) is 21.4. The van der Waals surface area contributed by atoms with E-state index in [0.29, 0.717) is 10.3 Å². The number of hydrogen-bond donors (Lipinski definition) is 0. The number of hydrogen-bond acceptors (Lipinski definition) is 3. The van der Waals surface area contributed by atoms with Gasteiger partial charge in [0, 0.05) is 6.20 Å². The van der Waals surface area contributed by atoms with Crippen molar-refractivity contribution in [2.75, 3.05) is 5.75 Å². The minimum absolute atomic E-state index is 0.465. The Bertz CT molecular complexity index is 505. The molecule has 5 heteroatoms. The van der Waals surface area contributed by atoms with Crippen LogP contribution in [-0.2, 0) is 0 Å². The predicted octanol–water partition coefficient (Wildman–Crippen LogP) is 3.34. The number of aromatic nitrogens is 3. The lowest BCUT2D eigenvalue weighted by Crippen LogP contribution is -2.04. The van der Waals surface area contributed by atoms with Crippen molar-refractivity contribution in [3.05, 3.63) is 29.2 Å². The van der Waals surface area contributed by atoms with Crippen molar-refractivity contribution in [2.24, 2.45) is 0 Å². The molecule has 1 aliphatic heterocycles. The van der Waals surface area contributed by atoms with Gasteiger partial charge in [0.2, 0.25) is 0 Å². The molecule has 1 unspecified atom stereocenters. The van der Waals surface area contributed by atoms with E-state index in [0.717, 1.165) is 11.5 Å². The first-order chi connectivity index (χ1) is 7.83. The highest BCUT2D eigenvalue weighted by molar-refractivity contribution is 7.99. The van der Waals surface area contributed by atoms with E-state index in [-0.39, 0.29) is 0 Å². The minimum atomic E-state index is 0.465. The Morgan fingerprint density at radius 3 is 3.12 bits per heavy atom. The van der Waals surface area contributed by atoms with Crippen LogP contribution < -0.4 is 0 Å². The molecule has 0 bridgehead atoms. The molecular formula is C11H12ClN3S. The molecule has 1 aliphatic rings. The van der Waals surface area contributed by atoms with Crippen molar-refractivity contribution in [1.82, 2.24) is 14.6 Å². The number of rotatable bonds is 1. The number of fused-ring (bicyclic) bond motifs is 1. The predicted molar refractivity (Wildman–Crippen MR) is 67.0 cm³/mol. The number of thioether (sulfide) groups is 1. The first-order valence-corrected chi connectivity index (χ1v) is 6.89. The van der Waals surface area contributed by atoms with E-state index in [1.165, 1.54) is 25.0 Å². The minimum Gasteiger partial charge on any atom is -0.219 e. The average molecular weight is 254 g/mol. The summed E-state index contributed by atoms with van der Waals surface area (Å²) in [6.45, 7) is 0. The zero-order chi connectivity index (χ0) is 11.0. The quantitative estimate of drug-likeness (QED) is 0.781. The Hall–Kier alpha value is -0.740. The largest absolute Gasteiger partial charge is 0.219 e. The fourth-order valence-corrected chi connectivity index (χ4v) is 3.35. The summed E-state index contributed by atoms with van der Waals surface area (Å²) in [7, 11) is 0. The number of nitrogens with zero attached hydrogens (tertiary/aromatic N) is 3. The van der Waals surface area contributed by atoms with Gasteiger partial charge < -0.3 is 0 Å². The molecule has 84 valence electrons. The maximum Gasteiger partial charge on any atom is 0.164 e. The molecule has 1 saturated heterocycles. The molecule has 16 heavy (non-hydrogen) atoms. The smallest absolute Gasteiger partial charge is 0.164 e. The maximum absolute atomic E-state index is 5.92. The van der Waals surface area contributed by atoms with Crippen LogP contribution in [0, 0.1) is 0 Å². The third-order valence-corrected chi connectivity index (χ3v) is 4.38. The summed E-state index contributed by atoms with van der Waals surface area (Å²) >= 11 is 7.88. The van der Waals surface area contributed by atoms with Gasteiger partial charge in [-0.25, -0.2) is 9.50 Å². The summed E-state index contributed by atoms with van der Waals surface area (Å²) in [5.41, 5.74) is 0.880. The van der Waals surface area contributed by atoms with Crippen LogP contribution in [0.5, 0.6) is 0 Å². The van der Waals surface area contributed by atoms with Crippen molar-refractivity contribution < 1.29 is 0 Å². The first-order valence-electron chi connectivity index (χ1n) is 5.46. The van der Waals surface area contributed by atoms with Gasteiger partial charge in [0.1, 0.15) is 0 Å².